The second-order valence-corrected chi connectivity index (χ2v) is 8.87. The molecule has 0 radical (unpaired) electrons. The molecule has 2 amide bonds. The van der Waals surface area contributed by atoms with Gasteiger partial charge in [-0.2, -0.15) is 10.1 Å². The topological polar surface area (TPSA) is 106 Å². The highest BCUT2D eigenvalue weighted by Gasteiger charge is 2.67. The molecule has 1 aromatic heterocycles. The molecule has 6 atom stereocenters. The molecule has 2 saturated carbocycles. The summed E-state index contributed by atoms with van der Waals surface area (Å²) < 4.78 is 5.71. The maximum atomic E-state index is 13.0. The molecule has 2 aromatic rings. The summed E-state index contributed by atoms with van der Waals surface area (Å²) in [6.45, 7) is 1.78. The number of aryl methyl sites for hydroxylation is 1. The zero-order valence-electron chi connectivity index (χ0n) is 16.7. The van der Waals surface area contributed by atoms with Crippen molar-refractivity contribution in [3.8, 4) is 11.3 Å². The summed E-state index contributed by atoms with van der Waals surface area (Å²) >= 11 is 0. The standard InChI is InChI=1S/C23H19N3O5/c1-11-2-4-15(18(8-11)26(29)30)19-7-3-12(31-19)10-24-25-22(27)20-13-5-6-14(17-9-16(13)17)21(20)23(25)28/h2-8,10,13-14,16-17,20-21H,9H2,1H3/t13-,14-,16-,17+,20+,21+/m0/s1. The van der Waals surface area contributed by atoms with Crippen molar-refractivity contribution in [2.75, 3.05) is 0 Å². The predicted octanol–water partition coefficient (Wildman–Crippen LogP) is 3.55. The second-order valence-electron chi connectivity index (χ2n) is 8.87. The number of nitrogens with zero attached hydrogens (tertiary/aromatic N) is 3. The van der Waals surface area contributed by atoms with Crippen molar-refractivity contribution in [1.82, 2.24) is 5.01 Å². The van der Waals surface area contributed by atoms with Gasteiger partial charge in [0.05, 0.1) is 28.5 Å². The van der Waals surface area contributed by atoms with Crippen LogP contribution >= 0.6 is 0 Å². The molecule has 0 N–H and O–H groups in total. The van der Waals surface area contributed by atoms with E-state index in [4.69, 9.17) is 4.42 Å². The maximum absolute atomic E-state index is 13.0. The number of hydrogen-bond donors (Lipinski definition) is 0. The maximum Gasteiger partial charge on any atom is 0.280 e. The Hall–Kier alpha value is -3.55. The number of carbonyl (C=O) groups is 2. The summed E-state index contributed by atoms with van der Waals surface area (Å²) in [6.07, 6.45) is 6.67. The van der Waals surface area contributed by atoms with Crippen LogP contribution in [0.15, 0.2) is 52.0 Å². The van der Waals surface area contributed by atoms with Crippen molar-refractivity contribution in [2.45, 2.75) is 13.3 Å². The minimum atomic E-state index is -0.450. The molecule has 4 aliphatic carbocycles. The number of amides is 2. The van der Waals surface area contributed by atoms with Crippen LogP contribution in [0, 0.1) is 52.5 Å². The first-order valence-electron chi connectivity index (χ1n) is 10.4. The Kier molecular flexibility index (Phi) is 3.66. The first-order chi connectivity index (χ1) is 14.9. The lowest BCUT2D eigenvalue weighted by Crippen LogP contribution is -2.40. The van der Waals surface area contributed by atoms with Crippen LogP contribution < -0.4 is 0 Å². The summed E-state index contributed by atoms with van der Waals surface area (Å²) in [5.41, 5.74) is 1.09. The van der Waals surface area contributed by atoms with Crippen LogP contribution in [0.1, 0.15) is 17.7 Å². The van der Waals surface area contributed by atoms with E-state index in [0.717, 1.165) is 17.0 Å². The fourth-order valence-corrected chi connectivity index (χ4v) is 5.74. The van der Waals surface area contributed by atoms with Crippen LogP contribution in [0.2, 0.25) is 0 Å². The number of nitro benzene ring substituents is 1. The Labute approximate surface area is 177 Å². The fraction of sp³-hybridized carbons (Fsp3) is 0.348. The molecule has 2 heterocycles. The normalized spacial score (nSPS) is 32.6. The van der Waals surface area contributed by atoms with Crippen molar-refractivity contribution in [3.05, 3.63) is 63.9 Å². The third-order valence-corrected chi connectivity index (χ3v) is 7.18. The number of nitro groups is 1. The Balaban J connectivity index is 1.26. The molecule has 7 rings (SSSR count). The molecular formula is C23H19N3O5. The van der Waals surface area contributed by atoms with Crippen molar-refractivity contribution in [1.29, 1.82) is 0 Å². The molecule has 8 heteroatoms. The average Bonchev–Trinajstić information content (AvgIpc) is 3.39. The Bertz CT molecular complexity index is 1180. The summed E-state index contributed by atoms with van der Waals surface area (Å²) in [4.78, 5) is 36.8. The molecule has 1 aromatic carbocycles. The lowest BCUT2D eigenvalue weighted by Gasteiger charge is -2.37. The van der Waals surface area contributed by atoms with Gasteiger partial charge in [0.2, 0.25) is 0 Å². The number of allylic oxidation sites excluding steroid dienone is 2. The van der Waals surface area contributed by atoms with E-state index in [-0.39, 0.29) is 41.2 Å². The minimum absolute atomic E-state index is 0.0478. The molecule has 5 aliphatic rings. The van der Waals surface area contributed by atoms with E-state index < -0.39 is 4.92 Å². The quantitative estimate of drug-likeness (QED) is 0.249. The van der Waals surface area contributed by atoms with Gasteiger partial charge in [0, 0.05) is 6.07 Å². The lowest BCUT2D eigenvalue weighted by atomic mass is 9.63. The Morgan fingerprint density at radius 1 is 1.10 bits per heavy atom. The van der Waals surface area contributed by atoms with Gasteiger partial charge in [-0.05, 0) is 60.8 Å². The summed E-state index contributed by atoms with van der Waals surface area (Å²) in [5, 5.41) is 16.5. The van der Waals surface area contributed by atoms with Crippen LogP contribution in [0.3, 0.4) is 0 Å². The summed E-state index contributed by atoms with van der Waals surface area (Å²) in [5.74, 6) is 0.922. The van der Waals surface area contributed by atoms with Crippen LogP contribution in [0.5, 0.6) is 0 Å². The van der Waals surface area contributed by atoms with Gasteiger partial charge in [-0.25, -0.2) is 0 Å². The number of hydrazone groups is 1. The highest BCUT2D eigenvalue weighted by molar-refractivity contribution is 6.06. The average molecular weight is 417 g/mol. The van der Waals surface area contributed by atoms with Gasteiger partial charge in [0.1, 0.15) is 11.5 Å². The van der Waals surface area contributed by atoms with E-state index in [1.54, 1.807) is 31.2 Å². The molecule has 2 bridgehead atoms. The first-order valence-corrected chi connectivity index (χ1v) is 10.4. The van der Waals surface area contributed by atoms with Gasteiger partial charge in [-0.3, -0.25) is 19.7 Å². The lowest BCUT2D eigenvalue weighted by molar-refractivity contribution is -0.384. The first kappa shape index (κ1) is 18.2. The minimum Gasteiger partial charge on any atom is -0.455 e. The SMILES string of the molecule is Cc1ccc(-c2ccc(C=NN3C(=O)[C@@H]4[C@H]5C=C[C@@H]([C@@H]6C[C@H]56)[C@H]4C3=O)o2)c([N+](=O)[O-])c1. The monoisotopic (exact) mass is 417 g/mol. The number of rotatable bonds is 4. The van der Waals surface area contributed by atoms with E-state index in [9.17, 15) is 19.7 Å². The van der Waals surface area contributed by atoms with E-state index in [1.165, 1.54) is 12.3 Å². The van der Waals surface area contributed by atoms with Gasteiger partial charge in [0.15, 0.2) is 0 Å². The number of carbonyl (C=O) groups excluding carboxylic acids is 2. The molecule has 0 unspecified atom stereocenters. The highest BCUT2D eigenvalue weighted by atomic mass is 16.6. The second kappa shape index (κ2) is 6.23. The van der Waals surface area contributed by atoms with Crippen molar-refractivity contribution >= 4 is 23.7 Å². The van der Waals surface area contributed by atoms with Crippen molar-refractivity contribution < 1.29 is 18.9 Å². The molecule has 31 heavy (non-hydrogen) atoms. The van der Waals surface area contributed by atoms with Crippen LogP contribution in [-0.2, 0) is 9.59 Å². The molecule has 3 fully saturated rings. The van der Waals surface area contributed by atoms with Gasteiger partial charge < -0.3 is 4.42 Å². The van der Waals surface area contributed by atoms with Crippen molar-refractivity contribution in [3.63, 3.8) is 0 Å². The third-order valence-electron chi connectivity index (χ3n) is 7.18. The number of benzene rings is 1. The Morgan fingerprint density at radius 3 is 2.42 bits per heavy atom. The van der Waals surface area contributed by atoms with Crippen LogP contribution in [0.25, 0.3) is 11.3 Å². The molecule has 156 valence electrons. The van der Waals surface area contributed by atoms with E-state index >= 15 is 0 Å². The zero-order chi connectivity index (χ0) is 21.4. The predicted molar refractivity (Wildman–Crippen MR) is 110 cm³/mol. The highest BCUT2D eigenvalue weighted by Crippen LogP contribution is 2.65. The van der Waals surface area contributed by atoms with Crippen LogP contribution in [-0.4, -0.2) is 28.0 Å². The fourth-order valence-electron chi connectivity index (χ4n) is 5.74. The van der Waals surface area contributed by atoms with E-state index in [1.807, 2.05) is 0 Å². The summed E-state index contributed by atoms with van der Waals surface area (Å²) in [6, 6.07) is 8.13. The largest absolute Gasteiger partial charge is 0.455 e. The molecule has 0 spiro atoms. The number of furan rings is 1. The molecule has 1 saturated heterocycles. The summed E-state index contributed by atoms with van der Waals surface area (Å²) in [7, 11) is 0. The van der Waals surface area contributed by atoms with Crippen LogP contribution in [0.4, 0.5) is 5.69 Å². The van der Waals surface area contributed by atoms with Gasteiger partial charge in [-0.15, -0.1) is 0 Å². The van der Waals surface area contributed by atoms with Gasteiger partial charge in [0.25, 0.3) is 17.5 Å². The smallest absolute Gasteiger partial charge is 0.280 e. The van der Waals surface area contributed by atoms with E-state index in [2.05, 4.69) is 17.3 Å². The van der Waals surface area contributed by atoms with E-state index in [0.29, 0.717) is 28.9 Å². The molecular weight excluding hydrogens is 398 g/mol. The Morgan fingerprint density at radius 2 is 1.77 bits per heavy atom. The molecule has 1 aliphatic heterocycles. The number of hydrogen-bond acceptors (Lipinski definition) is 6. The number of imide groups is 1. The third kappa shape index (κ3) is 2.57. The molecule has 8 nitrogen and oxygen atoms in total. The van der Waals surface area contributed by atoms with Crippen molar-refractivity contribution in [2.24, 2.45) is 40.6 Å². The van der Waals surface area contributed by atoms with Gasteiger partial charge in [-0.1, -0.05) is 18.2 Å². The zero-order valence-corrected chi connectivity index (χ0v) is 16.7. The van der Waals surface area contributed by atoms with Gasteiger partial charge >= 0.3 is 0 Å².